The van der Waals surface area contributed by atoms with E-state index in [0.29, 0.717) is 18.7 Å². The van der Waals surface area contributed by atoms with E-state index in [9.17, 15) is 4.79 Å². The lowest BCUT2D eigenvalue weighted by atomic mass is 10.2. The Kier molecular flexibility index (Phi) is 6.79. The van der Waals surface area contributed by atoms with Crippen molar-refractivity contribution in [2.45, 2.75) is 12.5 Å². The van der Waals surface area contributed by atoms with Crippen LogP contribution in [0.3, 0.4) is 0 Å². The number of carbonyl (C=O) groups is 1. The summed E-state index contributed by atoms with van der Waals surface area (Å²) in [5.41, 5.74) is 6.41. The Morgan fingerprint density at radius 1 is 1.39 bits per heavy atom. The molecule has 0 bridgehead atoms. The van der Waals surface area contributed by atoms with Gasteiger partial charge in [-0.2, -0.15) is 0 Å². The van der Waals surface area contributed by atoms with Gasteiger partial charge in [0.25, 0.3) is 0 Å². The van der Waals surface area contributed by atoms with E-state index in [1.165, 1.54) is 0 Å². The van der Waals surface area contributed by atoms with Crippen molar-refractivity contribution in [2.24, 2.45) is 5.73 Å². The molecule has 1 amide bonds. The summed E-state index contributed by atoms with van der Waals surface area (Å²) in [5.74, 6) is -0.240. The third kappa shape index (κ3) is 4.62. The van der Waals surface area contributed by atoms with E-state index in [1.807, 2.05) is 12.1 Å². The maximum absolute atomic E-state index is 11.9. The highest BCUT2D eigenvalue weighted by Gasteiger charge is 2.16. The van der Waals surface area contributed by atoms with Crippen LogP contribution in [0.25, 0.3) is 0 Å². The molecule has 7 heteroatoms. The molecule has 1 aromatic rings. The molecule has 1 atom stereocenters. The number of hydrogen-bond donors (Lipinski definition) is 2. The van der Waals surface area contributed by atoms with Crippen LogP contribution in [-0.2, 0) is 9.53 Å². The molecule has 0 spiro atoms. The van der Waals surface area contributed by atoms with Gasteiger partial charge in [0.05, 0.1) is 11.7 Å². The molecule has 3 N–H and O–H groups in total. The van der Waals surface area contributed by atoms with Gasteiger partial charge < -0.3 is 15.8 Å². The highest BCUT2D eigenvalue weighted by Crippen LogP contribution is 2.34. The summed E-state index contributed by atoms with van der Waals surface area (Å²) in [5, 5.41) is 2.78. The molecule has 0 saturated carbocycles. The van der Waals surface area contributed by atoms with Crippen molar-refractivity contribution in [3.8, 4) is 0 Å². The molecule has 0 radical (unpaired) electrons. The normalized spacial score (nSPS) is 12.3. The van der Waals surface area contributed by atoms with Crippen molar-refractivity contribution in [1.82, 2.24) is 0 Å². The Morgan fingerprint density at radius 2 is 1.94 bits per heavy atom. The summed E-state index contributed by atoms with van der Waals surface area (Å²) in [6, 6.07) is 3.11. The standard InChI is InChI=1S/C11H13Br3N2O2/c1-18-3-2-9(15)11(17)16-10-7(13)4-6(12)5-8(10)14/h4-5,9H,2-3,15H2,1H3,(H,16,17). The van der Waals surface area contributed by atoms with Crippen molar-refractivity contribution < 1.29 is 9.53 Å². The van der Waals surface area contributed by atoms with Gasteiger partial charge in [-0.1, -0.05) is 15.9 Å². The highest BCUT2D eigenvalue weighted by atomic mass is 79.9. The summed E-state index contributed by atoms with van der Waals surface area (Å²) in [6.45, 7) is 0.456. The smallest absolute Gasteiger partial charge is 0.241 e. The van der Waals surface area contributed by atoms with Gasteiger partial charge in [0.15, 0.2) is 0 Å². The number of rotatable bonds is 5. The lowest BCUT2D eigenvalue weighted by Crippen LogP contribution is -2.36. The van der Waals surface area contributed by atoms with Crippen LogP contribution in [0.2, 0.25) is 0 Å². The van der Waals surface area contributed by atoms with Crippen LogP contribution in [-0.4, -0.2) is 25.7 Å². The van der Waals surface area contributed by atoms with Crippen LogP contribution in [0.5, 0.6) is 0 Å². The van der Waals surface area contributed by atoms with Gasteiger partial charge in [-0.25, -0.2) is 0 Å². The maximum atomic E-state index is 11.9. The summed E-state index contributed by atoms with van der Waals surface area (Å²) in [6.07, 6.45) is 0.480. The van der Waals surface area contributed by atoms with E-state index in [0.717, 1.165) is 13.4 Å². The predicted molar refractivity (Wildman–Crippen MR) is 82.6 cm³/mol. The van der Waals surface area contributed by atoms with Crippen LogP contribution < -0.4 is 11.1 Å². The van der Waals surface area contributed by atoms with E-state index in [1.54, 1.807) is 7.11 Å². The first-order chi connectivity index (χ1) is 8.45. The second kappa shape index (κ2) is 7.59. The molecule has 18 heavy (non-hydrogen) atoms. The van der Waals surface area contributed by atoms with Crippen LogP contribution >= 0.6 is 47.8 Å². The average Bonchev–Trinajstić information content (AvgIpc) is 2.30. The summed E-state index contributed by atoms with van der Waals surface area (Å²) in [4.78, 5) is 11.9. The molecule has 0 aliphatic rings. The summed E-state index contributed by atoms with van der Waals surface area (Å²) < 4.78 is 7.35. The van der Waals surface area contributed by atoms with Crippen molar-refractivity contribution in [2.75, 3.05) is 19.0 Å². The number of benzene rings is 1. The fraction of sp³-hybridized carbons (Fsp3) is 0.364. The van der Waals surface area contributed by atoms with Crippen LogP contribution in [0.1, 0.15) is 6.42 Å². The Bertz CT molecular complexity index is 417. The molecule has 0 aromatic heterocycles. The van der Waals surface area contributed by atoms with Crippen molar-refractivity contribution in [1.29, 1.82) is 0 Å². The predicted octanol–water partition coefficient (Wildman–Crippen LogP) is 3.28. The number of ether oxygens (including phenoxy) is 1. The number of anilines is 1. The van der Waals surface area contributed by atoms with Gasteiger partial charge in [-0.05, 0) is 50.4 Å². The molecule has 0 aliphatic carbocycles. The lowest BCUT2D eigenvalue weighted by Gasteiger charge is -2.14. The summed E-state index contributed by atoms with van der Waals surface area (Å²) in [7, 11) is 1.58. The van der Waals surface area contributed by atoms with E-state index in [4.69, 9.17) is 10.5 Å². The molecular weight excluding hydrogens is 432 g/mol. The zero-order chi connectivity index (χ0) is 13.7. The monoisotopic (exact) mass is 442 g/mol. The van der Waals surface area contributed by atoms with Gasteiger partial charge >= 0.3 is 0 Å². The third-order valence-electron chi connectivity index (χ3n) is 2.22. The Hall–Kier alpha value is 0.0500. The molecule has 100 valence electrons. The first kappa shape index (κ1) is 16.1. The largest absolute Gasteiger partial charge is 0.385 e. The van der Waals surface area contributed by atoms with Crippen molar-refractivity contribution >= 4 is 59.4 Å². The maximum Gasteiger partial charge on any atom is 0.241 e. The van der Waals surface area contributed by atoms with Gasteiger partial charge in [0, 0.05) is 27.1 Å². The van der Waals surface area contributed by atoms with Crippen LogP contribution in [0.4, 0.5) is 5.69 Å². The quantitative estimate of drug-likeness (QED) is 0.732. The number of halogens is 3. The number of amides is 1. The Balaban J connectivity index is 2.76. The molecule has 0 aliphatic heterocycles. The summed E-state index contributed by atoms with van der Waals surface area (Å²) >= 11 is 10.1. The fourth-order valence-corrected chi connectivity index (χ4v) is 3.71. The topological polar surface area (TPSA) is 64.3 Å². The molecular formula is C11H13Br3N2O2. The first-order valence-electron chi connectivity index (χ1n) is 5.15. The van der Waals surface area contributed by atoms with Gasteiger partial charge in [0.2, 0.25) is 5.91 Å². The van der Waals surface area contributed by atoms with E-state index >= 15 is 0 Å². The number of nitrogens with two attached hydrogens (primary N) is 1. The molecule has 1 aromatic carbocycles. The van der Waals surface area contributed by atoms with Gasteiger partial charge in [-0.3, -0.25) is 4.79 Å². The van der Waals surface area contributed by atoms with Crippen molar-refractivity contribution in [3.63, 3.8) is 0 Å². The Morgan fingerprint density at radius 3 is 2.44 bits per heavy atom. The highest BCUT2D eigenvalue weighted by molar-refractivity contribution is 9.11. The van der Waals surface area contributed by atoms with Gasteiger partial charge in [0.1, 0.15) is 0 Å². The fourth-order valence-electron chi connectivity index (χ4n) is 1.25. The minimum atomic E-state index is -0.590. The SMILES string of the molecule is COCCC(N)C(=O)Nc1c(Br)cc(Br)cc1Br. The third-order valence-corrected chi connectivity index (χ3v) is 3.93. The molecule has 1 unspecified atom stereocenters. The van der Waals surface area contributed by atoms with Gasteiger partial charge in [-0.15, -0.1) is 0 Å². The molecule has 0 saturated heterocycles. The lowest BCUT2D eigenvalue weighted by molar-refractivity contribution is -0.117. The minimum absolute atomic E-state index is 0.240. The number of nitrogens with one attached hydrogen (secondary N) is 1. The molecule has 0 heterocycles. The minimum Gasteiger partial charge on any atom is -0.385 e. The van der Waals surface area contributed by atoms with E-state index in [2.05, 4.69) is 53.1 Å². The number of methoxy groups -OCH3 is 1. The molecule has 1 rings (SSSR count). The number of hydrogen-bond acceptors (Lipinski definition) is 3. The van der Waals surface area contributed by atoms with E-state index in [-0.39, 0.29) is 5.91 Å². The van der Waals surface area contributed by atoms with Crippen LogP contribution in [0, 0.1) is 0 Å². The molecule has 4 nitrogen and oxygen atoms in total. The molecule has 0 fully saturated rings. The Labute approximate surface area is 131 Å². The zero-order valence-electron chi connectivity index (χ0n) is 9.67. The van der Waals surface area contributed by atoms with E-state index < -0.39 is 6.04 Å². The number of carbonyl (C=O) groups excluding carboxylic acids is 1. The zero-order valence-corrected chi connectivity index (χ0v) is 14.4. The second-order valence-electron chi connectivity index (χ2n) is 3.62. The van der Waals surface area contributed by atoms with Crippen molar-refractivity contribution in [3.05, 3.63) is 25.6 Å². The first-order valence-corrected chi connectivity index (χ1v) is 7.53. The second-order valence-corrected chi connectivity index (χ2v) is 6.25. The average molecular weight is 445 g/mol. The van der Waals surface area contributed by atoms with Crippen LogP contribution in [0.15, 0.2) is 25.6 Å².